The number of fused-ring (bicyclic) bond motifs is 4. The number of phenols is 1. The van der Waals surface area contributed by atoms with Gasteiger partial charge >= 0.3 is 5.97 Å². The quantitative estimate of drug-likeness (QED) is 0.829. The number of carbonyl (C=O) groups excluding carboxylic acids is 1. The Hall–Kier alpha value is -1.48. The van der Waals surface area contributed by atoms with Gasteiger partial charge in [-0.2, -0.15) is 0 Å². The van der Waals surface area contributed by atoms with Crippen LogP contribution in [-0.2, 0) is 16.0 Å². The summed E-state index contributed by atoms with van der Waals surface area (Å²) in [4.78, 5) is 12.5. The number of esters is 1. The predicted octanol–water partition coefficient (Wildman–Crippen LogP) is 4.50. The molecule has 4 heteroatoms. The molecule has 0 spiro atoms. The van der Waals surface area contributed by atoms with Gasteiger partial charge in [-0.3, -0.25) is 0 Å². The number of benzene rings is 1. The van der Waals surface area contributed by atoms with Crippen molar-refractivity contribution in [2.24, 2.45) is 11.3 Å². The first-order chi connectivity index (χ1) is 11.1. The third kappa shape index (κ3) is 2.65. The standard InChI is InChI=1S/C19H21ClO3/c20-16-10-14(21)9-13-1-2-15(17(13)16)18(22)23-11-19-6-3-12(4-7-19)5-8-19/h2,9-10,12,21H,1,3-8,11H2. The zero-order chi connectivity index (χ0) is 16.0. The van der Waals surface area contributed by atoms with Crippen LogP contribution in [0.5, 0.6) is 5.75 Å². The molecule has 0 atom stereocenters. The second kappa shape index (κ2) is 5.55. The lowest BCUT2D eigenvalue weighted by Gasteiger charge is -2.46. The Morgan fingerprint density at radius 2 is 1.96 bits per heavy atom. The number of allylic oxidation sites excluding steroid dienone is 1. The topological polar surface area (TPSA) is 46.5 Å². The van der Waals surface area contributed by atoms with Gasteiger partial charge in [0.2, 0.25) is 0 Å². The number of aromatic hydroxyl groups is 1. The highest BCUT2D eigenvalue weighted by Crippen LogP contribution is 2.50. The van der Waals surface area contributed by atoms with Gasteiger partial charge in [0.1, 0.15) is 5.75 Å². The molecule has 0 heterocycles. The minimum absolute atomic E-state index is 0.134. The first kappa shape index (κ1) is 15.1. The summed E-state index contributed by atoms with van der Waals surface area (Å²) in [5.41, 5.74) is 2.37. The Kier molecular flexibility index (Phi) is 3.64. The molecular formula is C19H21ClO3. The van der Waals surface area contributed by atoms with E-state index in [0.717, 1.165) is 17.0 Å². The molecule has 1 aromatic carbocycles. The minimum atomic E-state index is -0.279. The van der Waals surface area contributed by atoms with Crippen molar-refractivity contribution < 1.29 is 14.6 Å². The van der Waals surface area contributed by atoms with Crippen LogP contribution in [0, 0.1) is 11.3 Å². The largest absolute Gasteiger partial charge is 0.508 e. The molecule has 0 aliphatic heterocycles. The van der Waals surface area contributed by atoms with E-state index in [1.807, 2.05) is 6.08 Å². The van der Waals surface area contributed by atoms with E-state index in [9.17, 15) is 9.90 Å². The normalized spacial score (nSPS) is 28.4. The first-order valence-electron chi connectivity index (χ1n) is 8.45. The molecule has 3 nitrogen and oxygen atoms in total. The van der Waals surface area contributed by atoms with E-state index in [-0.39, 0.29) is 17.1 Å². The van der Waals surface area contributed by atoms with Crippen molar-refractivity contribution in [3.05, 3.63) is 34.4 Å². The van der Waals surface area contributed by atoms with Crippen LogP contribution in [-0.4, -0.2) is 17.7 Å². The smallest absolute Gasteiger partial charge is 0.338 e. The highest BCUT2D eigenvalue weighted by Gasteiger charge is 2.41. The van der Waals surface area contributed by atoms with Crippen molar-refractivity contribution in [2.45, 2.75) is 44.9 Å². The lowest BCUT2D eigenvalue weighted by atomic mass is 9.61. The average molecular weight is 333 g/mol. The van der Waals surface area contributed by atoms with Gasteiger partial charge in [-0.15, -0.1) is 0 Å². The molecule has 4 aliphatic rings. The SMILES string of the molecule is O=C(OCC12CCC(CC1)CC2)C1=CCc2cc(O)cc(Cl)c21. The van der Waals surface area contributed by atoms with E-state index in [0.29, 0.717) is 23.6 Å². The molecule has 2 bridgehead atoms. The van der Waals surface area contributed by atoms with Crippen molar-refractivity contribution >= 4 is 23.1 Å². The van der Waals surface area contributed by atoms with Crippen LogP contribution >= 0.6 is 11.6 Å². The lowest BCUT2D eigenvalue weighted by Crippen LogP contribution is -2.38. The van der Waals surface area contributed by atoms with Gasteiger partial charge in [0.05, 0.1) is 17.2 Å². The monoisotopic (exact) mass is 332 g/mol. The van der Waals surface area contributed by atoms with Crippen molar-refractivity contribution in [3.63, 3.8) is 0 Å². The van der Waals surface area contributed by atoms with Gasteiger partial charge in [-0.05, 0) is 68.6 Å². The number of rotatable bonds is 3. The average Bonchev–Trinajstić information content (AvgIpc) is 2.98. The second-order valence-electron chi connectivity index (χ2n) is 7.34. The van der Waals surface area contributed by atoms with Crippen molar-refractivity contribution in [1.82, 2.24) is 0 Å². The highest BCUT2D eigenvalue weighted by atomic mass is 35.5. The third-order valence-corrected chi connectivity index (χ3v) is 6.23. The molecule has 0 unspecified atom stereocenters. The number of carbonyl (C=O) groups is 1. The maximum Gasteiger partial charge on any atom is 0.338 e. The maximum absolute atomic E-state index is 12.5. The third-order valence-electron chi connectivity index (χ3n) is 5.93. The van der Waals surface area contributed by atoms with Crippen molar-refractivity contribution in [2.75, 3.05) is 6.61 Å². The Bertz CT molecular complexity index is 670. The molecule has 0 saturated heterocycles. The first-order valence-corrected chi connectivity index (χ1v) is 8.83. The van der Waals surface area contributed by atoms with Gasteiger partial charge in [0.25, 0.3) is 0 Å². The fraction of sp³-hybridized carbons (Fsp3) is 0.526. The predicted molar refractivity (Wildman–Crippen MR) is 89.4 cm³/mol. The number of ether oxygens (including phenoxy) is 1. The van der Waals surface area contributed by atoms with Crippen LogP contribution < -0.4 is 0 Å². The summed E-state index contributed by atoms with van der Waals surface area (Å²) < 4.78 is 5.70. The maximum atomic E-state index is 12.5. The number of halogens is 1. The minimum Gasteiger partial charge on any atom is -0.508 e. The number of phenolic OH excluding ortho intramolecular Hbond substituents is 1. The molecule has 122 valence electrons. The van der Waals surface area contributed by atoms with Crippen LogP contribution in [0.2, 0.25) is 5.02 Å². The molecule has 4 aliphatic carbocycles. The summed E-state index contributed by atoms with van der Waals surface area (Å²) in [6.07, 6.45) is 9.89. The van der Waals surface area contributed by atoms with Crippen LogP contribution in [0.15, 0.2) is 18.2 Å². The number of hydrogen-bond acceptors (Lipinski definition) is 3. The number of hydrogen-bond donors (Lipinski definition) is 1. The van der Waals surface area contributed by atoms with Gasteiger partial charge in [0.15, 0.2) is 0 Å². The zero-order valence-electron chi connectivity index (χ0n) is 13.1. The van der Waals surface area contributed by atoms with E-state index in [2.05, 4.69) is 0 Å². The van der Waals surface area contributed by atoms with E-state index in [1.165, 1.54) is 44.6 Å². The molecule has 1 aromatic rings. The Balaban J connectivity index is 1.47. The Morgan fingerprint density at radius 1 is 1.26 bits per heavy atom. The summed E-state index contributed by atoms with van der Waals surface area (Å²) >= 11 is 6.22. The summed E-state index contributed by atoms with van der Waals surface area (Å²) in [7, 11) is 0. The van der Waals surface area contributed by atoms with Crippen LogP contribution in [0.4, 0.5) is 0 Å². The van der Waals surface area contributed by atoms with E-state index >= 15 is 0 Å². The molecule has 0 amide bonds. The van der Waals surface area contributed by atoms with Gasteiger partial charge in [-0.1, -0.05) is 17.7 Å². The Labute approximate surface area is 141 Å². The van der Waals surface area contributed by atoms with Crippen molar-refractivity contribution in [1.29, 1.82) is 0 Å². The van der Waals surface area contributed by atoms with Crippen molar-refractivity contribution in [3.8, 4) is 5.75 Å². The summed E-state index contributed by atoms with van der Waals surface area (Å²) in [5.74, 6) is 0.761. The summed E-state index contributed by atoms with van der Waals surface area (Å²) in [6, 6.07) is 3.15. The summed E-state index contributed by atoms with van der Waals surface area (Å²) in [6.45, 7) is 0.529. The van der Waals surface area contributed by atoms with E-state index in [1.54, 1.807) is 6.07 Å². The molecule has 3 saturated carbocycles. The van der Waals surface area contributed by atoms with E-state index in [4.69, 9.17) is 16.3 Å². The van der Waals surface area contributed by atoms with Gasteiger partial charge in [0, 0.05) is 11.0 Å². The fourth-order valence-electron chi connectivity index (χ4n) is 4.46. The molecular weight excluding hydrogens is 312 g/mol. The molecule has 23 heavy (non-hydrogen) atoms. The lowest BCUT2D eigenvalue weighted by molar-refractivity contribution is -0.142. The summed E-state index contributed by atoms with van der Waals surface area (Å²) in [5, 5.41) is 10.0. The van der Waals surface area contributed by atoms with Crippen LogP contribution in [0.25, 0.3) is 5.57 Å². The second-order valence-corrected chi connectivity index (χ2v) is 7.75. The molecule has 1 N–H and O–H groups in total. The molecule has 0 aromatic heterocycles. The zero-order valence-corrected chi connectivity index (χ0v) is 13.9. The van der Waals surface area contributed by atoms with E-state index < -0.39 is 0 Å². The van der Waals surface area contributed by atoms with Crippen LogP contribution in [0.1, 0.15) is 49.7 Å². The molecule has 5 rings (SSSR count). The van der Waals surface area contributed by atoms with Crippen LogP contribution in [0.3, 0.4) is 0 Å². The van der Waals surface area contributed by atoms with Gasteiger partial charge < -0.3 is 9.84 Å². The Morgan fingerprint density at radius 3 is 2.65 bits per heavy atom. The fourth-order valence-corrected chi connectivity index (χ4v) is 4.80. The highest BCUT2D eigenvalue weighted by molar-refractivity contribution is 6.35. The van der Waals surface area contributed by atoms with Gasteiger partial charge in [-0.25, -0.2) is 4.79 Å². The molecule has 0 radical (unpaired) electrons. The molecule has 3 fully saturated rings.